The summed E-state index contributed by atoms with van der Waals surface area (Å²) < 4.78 is 0. The Morgan fingerprint density at radius 3 is 1.43 bits per heavy atom. The fraction of sp³-hybridized carbons (Fsp3) is 0.565. The van der Waals surface area contributed by atoms with Gasteiger partial charge < -0.3 is 137 Å². The number of aromatic amines is 1. The van der Waals surface area contributed by atoms with Gasteiger partial charge in [-0.05, 0) is 112 Å². The van der Waals surface area contributed by atoms with Crippen LogP contribution in [0.2, 0.25) is 0 Å². The molecule has 0 aliphatic carbocycles. The van der Waals surface area contributed by atoms with E-state index in [9.17, 15) is 116 Å². The number of aliphatic hydroxyl groups is 1. The summed E-state index contributed by atoms with van der Waals surface area (Å²) in [5.41, 5.74) is 23.8. The lowest BCUT2D eigenvalue weighted by atomic mass is 9.99. The first-order valence-corrected chi connectivity index (χ1v) is 44.0. The van der Waals surface area contributed by atoms with Crippen molar-refractivity contribution in [2.75, 3.05) is 39.3 Å². The Balaban J connectivity index is 1.06. The average molecular weight is 1880 g/mol. The summed E-state index contributed by atoms with van der Waals surface area (Å²) in [6.45, 7) is 4.46. The number of aliphatic hydroxyl groups excluding tert-OH is 1. The second-order valence-electron chi connectivity index (χ2n) is 33.9. The number of aliphatic carboxylic acids is 3. The zero-order valence-electron chi connectivity index (χ0n) is 74.6. The predicted octanol–water partition coefficient (Wildman–Crippen LogP) is -7.56. The number of carboxylic acids is 3. The first kappa shape index (κ1) is 107. The minimum atomic E-state index is -2.13. The van der Waals surface area contributed by atoms with Crippen LogP contribution in [0.3, 0.4) is 0 Å². The molecule has 1 aromatic heterocycles. The quantitative estimate of drug-likeness (QED) is 0.0142. The van der Waals surface area contributed by atoms with Gasteiger partial charge in [0, 0.05) is 81.8 Å². The largest absolute Gasteiger partial charge is 0.481 e. The fourth-order valence-electron chi connectivity index (χ4n) is 15.9. The molecule has 0 saturated carbocycles. The van der Waals surface area contributed by atoms with Crippen LogP contribution >= 0.6 is 0 Å². The average Bonchev–Trinajstić information content (AvgIpc) is 1.68. The highest BCUT2D eigenvalue weighted by atomic mass is 16.4. The van der Waals surface area contributed by atoms with E-state index in [1.165, 1.54) is 11.1 Å². The summed E-state index contributed by atoms with van der Waals surface area (Å²) in [5.74, 6) is -24.6. The Kier molecular flexibility index (Phi) is 40.9. The Morgan fingerprint density at radius 2 is 0.918 bits per heavy atom. The predicted molar refractivity (Wildman–Crippen MR) is 470 cm³/mol. The van der Waals surface area contributed by atoms with Crippen LogP contribution in [0.4, 0.5) is 0 Å². The van der Waals surface area contributed by atoms with Crippen LogP contribution < -0.4 is 97.4 Å². The number of aromatic nitrogens is 1. The minimum absolute atomic E-state index is 0.000707. The number of H-pyrrole nitrogens is 1. The number of para-hydroxylation sites is 1. The van der Waals surface area contributed by atoms with Crippen molar-refractivity contribution >= 4 is 147 Å². The molecule has 4 fully saturated rings. The van der Waals surface area contributed by atoms with Gasteiger partial charge in [-0.2, -0.15) is 0 Å². The number of amides is 19. The van der Waals surface area contributed by atoms with Crippen molar-refractivity contribution in [2.24, 2.45) is 34.8 Å². The second kappa shape index (κ2) is 51.4. The normalized spacial score (nSPS) is 18.1. The van der Waals surface area contributed by atoms with Crippen LogP contribution in [0.1, 0.15) is 161 Å². The molecule has 7 rings (SSSR count). The van der Waals surface area contributed by atoms with E-state index < -0.39 is 298 Å². The zero-order chi connectivity index (χ0) is 98.9. The molecule has 28 N–H and O–H groups in total. The van der Waals surface area contributed by atoms with Crippen molar-refractivity contribution < 1.29 is 126 Å². The second-order valence-corrected chi connectivity index (χ2v) is 33.9. The number of nitrogens with one attached hydrogen (secondary N) is 16. The molecule has 0 spiro atoms. The van der Waals surface area contributed by atoms with Crippen molar-refractivity contribution in [2.45, 2.75) is 253 Å². The van der Waals surface area contributed by atoms with Gasteiger partial charge in [-0.3, -0.25) is 111 Å². The third kappa shape index (κ3) is 32.5. The van der Waals surface area contributed by atoms with Gasteiger partial charge >= 0.3 is 17.9 Å². The lowest BCUT2D eigenvalue weighted by Gasteiger charge is -2.33. The van der Waals surface area contributed by atoms with E-state index in [2.05, 4.69) is 68.8 Å². The van der Waals surface area contributed by atoms with E-state index in [-0.39, 0.29) is 109 Å². The third-order valence-electron chi connectivity index (χ3n) is 22.8. The highest BCUT2D eigenvalue weighted by Crippen LogP contribution is 2.27. The molecule has 2 aromatic carbocycles. The van der Waals surface area contributed by atoms with Crippen LogP contribution in [0, 0.1) is 17.2 Å². The van der Waals surface area contributed by atoms with E-state index in [0.717, 1.165) is 9.80 Å². The number of hydrogen-bond acceptors (Lipinski definition) is 24. The molecule has 134 heavy (non-hydrogen) atoms. The number of primary amides is 3. The molecule has 15 unspecified atom stereocenters. The molecule has 4 aliphatic heterocycles. The molecule has 4 saturated heterocycles. The summed E-state index contributed by atoms with van der Waals surface area (Å²) in [4.78, 5) is 306. The van der Waals surface area contributed by atoms with Crippen LogP contribution in [0.25, 0.3) is 10.9 Å². The lowest BCUT2D eigenvalue weighted by Crippen LogP contribution is -2.61. The van der Waals surface area contributed by atoms with Crippen LogP contribution in [0.5, 0.6) is 0 Å². The maximum Gasteiger partial charge on any atom is 0.305 e. The number of carbonyl (C=O) groups excluding carboxylic acids is 19. The number of fused-ring (bicyclic) bond motifs is 1. The number of carbonyl (C=O) groups is 22. The molecule has 0 radical (unpaired) electrons. The molecular weight excluding hydrogens is 1760 g/mol. The van der Waals surface area contributed by atoms with Crippen LogP contribution in [0.15, 0.2) is 60.8 Å². The highest BCUT2D eigenvalue weighted by molar-refractivity contribution is 6.03. The molecule has 0 bridgehead atoms. The lowest BCUT2D eigenvalue weighted by molar-refractivity contribution is -0.144. The molecule has 15 atom stereocenters. The van der Waals surface area contributed by atoms with Crippen molar-refractivity contribution in [1.29, 1.82) is 5.41 Å². The van der Waals surface area contributed by atoms with Crippen molar-refractivity contribution in [1.82, 2.24) is 94.1 Å². The zero-order valence-corrected chi connectivity index (χ0v) is 74.6. The molecule has 5 heterocycles. The first-order valence-electron chi connectivity index (χ1n) is 44.0. The minimum Gasteiger partial charge on any atom is -0.481 e. The Morgan fingerprint density at radius 1 is 0.463 bits per heavy atom. The molecule has 49 nitrogen and oxygen atoms in total. The van der Waals surface area contributed by atoms with E-state index >= 15 is 9.59 Å². The third-order valence-corrected chi connectivity index (χ3v) is 22.8. The summed E-state index contributed by atoms with van der Waals surface area (Å²) in [6, 6.07) is -8.33. The standard InChI is InChI=1S/C85H121N23O26/c1-42(2)34-53(70(88)120)100-72(122)48(18-10-30-91-85(89)90)97-80(130)61-21-13-33-108(61)84(134)69(43(3)4)105-78(128)54(35-44-14-6-5-7-15-44)102-81(131)60-20-11-31-106(60)82(132)52(23-27-63(87)111)99-74(124)50(22-26-62(86)110)98-79(129)59-19-12-32-107(59)83(133)57(36-45-39-92-47-17-9-8-16-46(45)47)103-75(125)51(25-29-66(114)115)96-76(126)55(37-67(116)117)95-65(113)40-93-71(121)58(41-109)104-77(127)56(38-68(118)119)101-73(123)49-24-28-64(112)94-49/h5-9,14-17,39,42-43,48-61,69,92,109H,10-13,18-38,40-41H2,1-4H3,(H2,86,110)(H2,87,111)(H2,88,120)(H,93,121)(H,94,112)(H,95,113)(H,96,126)(H,97,130)(H,98,129)(H,99,124)(H,100,122)(H,101,123)(H,102,131)(H,103,125)(H,104,127)(H,105,128)(H,114,115)(H,116,117)(H,118,119)(H4,89,90,91). The molecule has 19 amide bonds. The Labute approximate surface area is 768 Å². The monoisotopic (exact) mass is 1880 g/mol. The molecule has 3 aromatic rings. The number of nitrogens with zero attached hydrogens (tertiary/aromatic N) is 3. The van der Waals surface area contributed by atoms with Gasteiger partial charge in [0.1, 0.15) is 90.6 Å². The number of rotatable bonds is 53. The number of benzene rings is 2. The topological polar surface area (TPSA) is 778 Å². The van der Waals surface area contributed by atoms with Crippen molar-refractivity contribution in [3.63, 3.8) is 0 Å². The number of hydrogen-bond donors (Lipinski definition) is 24. The number of nitrogens with two attached hydrogens (primary N) is 4. The number of carboxylic acid groups (broad SMARTS) is 3. The summed E-state index contributed by atoms with van der Waals surface area (Å²) in [5, 5.41) is 81.3. The fourth-order valence-corrected chi connectivity index (χ4v) is 15.9. The van der Waals surface area contributed by atoms with E-state index in [0.29, 0.717) is 28.5 Å². The first-order chi connectivity index (χ1) is 63.4. The molecule has 4 aliphatic rings. The molecule has 732 valence electrons. The Hall–Kier alpha value is -14.4. The SMILES string of the molecule is CC(C)CC(NC(=O)C(CCCNC(=N)N)NC(=O)C1CCCN1C(=O)C(NC(=O)C(Cc1ccccc1)NC(=O)C1CCCN1C(=O)C(CCC(N)=O)NC(=O)C(CCC(N)=O)NC(=O)C1CCCN1C(=O)C(Cc1c[nH]c2ccccc12)NC(=O)C(CCC(=O)O)NC(=O)C(CC(=O)O)NC(=O)CNC(=O)C(CO)NC(=O)C(CC(=O)O)NC(=O)C1CCC(=O)N1)C(C)C)C(N)=O. The van der Waals surface area contributed by atoms with Crippen molar-refractivity contribution in [3.05, 3.63) is 71.9 Å². The van der Waals surface area contributed by atoms with Gasteiger partial charge in [-0.25, -0.2) is 0 Å². The number of guanidine groups is 1. The Bertz CT molecular complexity index is 4840. The van der Waals surface area contributed by atoms with Crippen molar-refractivity contribution in [3.8, 4) is 0 Å². The summed E-state index contributed by atoms with van der Waals surface area (Å²) >= 11 is 0. The van der Waals surface area contributed by atoms with Crippen LogP contribution in [-0.4, -0.2) is 306 Å². The van der Waals surface area contributed by atoms with E-state index in [1.54, 1.807) is 68.4 Å². The summed E-state index contributed by atoms with van der Waals surface area (Å²) in [7, 11) is 0. The van der Waals surface area contributed by atoms with Gasteiger partial charge in [0.25, 0.3) is 0 Å². The number of likely N-dealkylation sites (tertiary alicyclic amines) is 3. The van der Waals surface area contributed by atoms with Gasteiger partial charge in [0.2, 0.25) is 112 Å². The van der Waals surface area contributed by atoms with E-state index in [4.69, 9.17) is 28.3 Å². The van der Waals surface area contributed by atoms with Crippen LogP contribution in [-0.2, 0) is 118 Å². The van der Waals surface area contributed by atoms with Gasteiger partial charge in [-0.15, -0.1) is 0 Å². The smallest absolute Gasteiger partial charge is 0.305 e. The van der Waals surface area contributed by atoms with Gasteiger partial charge in [0.15, 0.2) is 5.96 Å². The van der Waals surface area contributed by atoms with Gasteiger partial charge in [0.05, 0.1) is 26.0 Å². The summed E-state index contributed by atoms with van der Waals surface area (Å²) in [6.07, 6.45) is -4.21. The molecular formula is C85H121N23O26. The highest BCUT2D eigenvalue weighted by Gasteiger charge is 2.46. The molecule has 49 heteroatoms. The van der Waals surface area contributed by atoms with Gasteiger partial charge in [-0.1, -0.05) is 76.2 Å². The maximum atomic E-state index is 15.3. The van der Waals surface area contributed by atoms with E-state index in [1.807, 2.05) is 24.5 Å². The maximum absolute atomic E-state index is 15.3.